The number of rotatable bonds is 5. The van der Waals surface area contributed by atoms with Gasteiger partial charge in [0.1, 0.15) is 0 Å². The Labute approximate surface area is 88.3 Å². The van der Waals surface area contributed by atoms with Crippen LogP contribution in [0.15, 0.2) is 38.0 Å². The van der Waals surface area contributed by atoms with E-state index in [4.69, 9.17) is 4.43 Å². The highest BCUT2D eigenvalue weighted by Gasteiger charge is 2.70. The summed E-state index contributed by atoms with van der Waals surface area (Å²) in [5.41, 5.74) is 0.0283. The topological polar surface area (TPSA) is 9.23 Å². The number of hydrogen-bond acceptors (Lipinski definition) is 1. The van der Waals surface area contributed by atoms with Crippen molar-refractivity contribution in [3.05, 3.63) is 38.0 Å². The molecule has 0 heterocycles. The second-order valence-corrected chi connectivity index (χ2v) is 8.84. The Morgan fingerprint density at radius 1 is 1.14 bits per heavy atom. The van der Waals surface area contributed by atoms with Crippen molar-refractivity contribution in [1.29, 1.82) is 0 Å². The van der Waals surface area contributed by atoms with Crippen LogP contribution < -0.4 is 0 Å². The molecule has 1 atom stereocenters. The Morgan fingerprint density at radius 3 is 1.86 bits per heavy atom. The van der Waals surface area contributed by atoms with Gasteiger partial charge in [0.05, 0.1) is 0 Å². The van der Waals surface area contributed by atoms with Crippen molar-refractivity contribution in [2.75, 3.05) is 7.11 Å². The lowest BCUT2D eigenvalue weighted by atomic mass is 10.0. The molecular formula is C12H20OSi. The van der Waals surface area contributed by atoms with E-state index in [0.29, 0.717) is 0 Å². The lowest BCUT2D eigenvalue weighted by molar-refractivity contribution is 0.389. The lowest BCUT2D eigenvalue weighted by Gasteiger charge is -2.32. The Morgan fingerprint density at radius 2 is 1.64 bits per heavy atom. The van der Waals surface area contributed by atoms with Gasteiger partial charge in [-0.05, 0) is 19.5 Å². The van der Waals surface area contributed by atoms with Gasteiger partial charge in [0, 0.05) is 17.6 Å². The molecule has 1 fully saturated rings. The van der Waals surface area contributed by atoms with E-state index in [1.807, 2.05) is 18.2 Å². The molecule has 0 amide bonds. The molecule has 1 saturated carbocycles. The summed E-state index contributed by atoms with van der Waals surface area (Å²) >= 11 is 0. The maximum Gasteiger partial charge on any atom is 0.197 e. The predicted octanol–water partition coefficient (Wildman–Crippen LogP) is 3.53. The van der Waals surface area contributed by atoms with Gasteiger partial charge < -0.3 is 4.43 Å². The normalized spacial score (nSPS) is 29.4. The van der Waals surface area contributed by atoms with Crippen LogP contribution in [0.1, 0.15) is 6.42 Å². The van der Waals surface area contributed by atoms with E-state index in [9.17, 15) is 0 Å². The third-order valence-corrected chi connectivity index (χ3v) is 7.95. The van der Waals surface area contributed by atoms with Crippen LogP contribution in [0.3, 0.4) is 0 Å². The van der Waals surface area contributed by atoms with Crippen molar-refractivity contribution in [2.45, 2.75) is 24.6 Å². The Kier molecular flexibility index (Phi) is 2.63. The fourth-order valence-electron chi connectivity index (χ4n) is 2.47. The molecule has 0 aromatic heterocycles. The van der Waals surface area contributed by atoms with Crippen LogP contribution >= 0.6 is 0 Å². The van der Waals surface area contributed by atoms with Gasteiger partial charge in [0.25, 0.3) is 0 Å². The van der Waals surface area contributed by atoms with Crippen LogP contribution in [0.5, 0.6) is 0 Å². The molecule has 0 spiro atoms. The van der Waals surface area contributed by atoms with Gasteiger partial charge in [0.2, 0.25) is 0 Å². The monoisotopic (exact) mass is 208 g/mol. The van der Waals surface area contributed by atoms with Crippen molar-refractivity contribution < 1.29 is 4.43 Å². The zero-order valence-corrected chi connectivity index (χ0v) is 10.5. The van der Waals surface area contributed by atoms with Crippen LogP contribution in [-0.2, 0) is 4.43 Å². The summed E-state index contributed by atoms with van der Waals surface area (Å²) in [6.45, 7) is 16.2. The summed E-state index contributed by atoms with van der Waals surface area (Å²) in [5, 5.41) is 0.0955. The maximum absolute atomic E-state index is 5.69. The fourth-order valence-corrected chi connectivity index (χ4v) is 5.37. The van der Waals surface area contributed by atoms with Crippen LogP contribution in [0.4, 0.5) is 0 Å². The molecule has 1 rings (SSSR count). The molecule has 1 aliphatic carbocycles. The first kappa shape index (κ1) is 11.5. The molecule has 2 heteroatoms. The highest BCUT2D eigenvalue weighted by Crippen LogP contribution is 2.76. The van der Waals surface area contributed by atoms with Crippen molar-refractivity contribution in [2.24, 2.45) is 5.41 Å². The van der Waals surface area contributed by atoms with Gasteiger partial charge in [-0.2, -0.15) is 0 Å². The number of hydrogen-bond donors (Lipinski definition) is 0. The van der Waals surface area contributed by atoms with Gasteiger partial charge in [-0.25, -0.2) is 0 Å². The first-order valence-corrected chi connectivity index (χ1v) is 7.82. The molecule has 1 unspecified atom stereocenters. The molecule has 0 aromatic rings. The molecule has 0 aromatic carbocycles. The second kappa shape index (κ2) is 3.21. The minimum atomic E-state index is -1.73. The zero-order valence-electron chi connectivity index (χ0n) is 9.47. The molecule has 78 valence electrons. The minimum absolute atomic E-state index is 0.0283. The lowest BCUT2D eigenvalue weighted by Crippen LogP contribution is -2.38. The SMILES string of the molecule is C=CC1(C=C)CC1(C=C)[Si](C)(C)OC. The fraction of sp³-hybridized carbons (Fsp3) is 0.500. The summed E-state index contributed by atoms with van der Waals surface area (Å²) < 4.78 is 5.69. The van der Waals surface area contributed by atoms with E-state index in [1.54, 1.807) is 7.11 Å². The Hall–Kier alpha value is -0.603. The summed E-state index contributed by atoms with van der Waals surface area (Å²) in [6.07, 6.45) is 7.10. The third-order valence-electron chi connectivity index (χ3n) is 3.94. The average molecular weight is 208 g/mol. The first-order chi connectivity index (χ1) is 6.45. The third kappa shape index (κ3) is 1.10. The van der Waals surface area contributed by atoms with Crippen LogP contribution in [0.25, 0.3) is 0 Å². The average Bonchev–Trinajstić information content (AvgIpc) is 2.89. The van der Waals surface area contributed by atoms with E-state index in [-0.39, 0.29) is 10.5 Å². The number of allylic oxidation sites excluding steroid dienone is 3. The minimum Gasteiger partial charge on any atom is -0.420 e. The first-order valence-electron chi connectivity index (χ1n) is 4.91. The molecule has 0 aliphatic heterocycles. The molecule has 14 heavy (non-hydrogen) atoms. The smallest absolute Gasteiger partial charge is 0.197 e. The van der Waals surface area contributed by atoms with Gasteiger partial charge in [-0.3, -0.25) is 0 Å². The molecule has 0 saturated heterocycles. The van der Waals surface area contributed by atoms with Crippen LogP contribution in [0, 0.1) is 5.41 Å². The van der Waals surface area contributed by atoms with E-state index >= 15 is 0 Å². The van der Waals surface area contributed by atoms with E-state index in [1.165, 1.54) is 0 Å². The summed E-state index contributed by atoms with van der Waals surface area (Å²) in [7, 11) is 0.0666. The predicted molar refractivity (Wildman–Crippen MR) is 64.8 cm³/mol. The standard InChI is InChI=1S/C12H20OSi/c1-7-11(8-2)10-12(11,9-3)14(5,6)13-4/h7-9H,1-3,10H2,4-6H3. The quantitative estimate of drug-likeness (QED) is 0.496. The molecular weight excluding hydrogens is 188 g/mol. The van der Waals surface area contributed by atoms with Gasteiger partial charge in [0.15, 0.2) is 8.32 Å². The van der Waals surface area contributed by atoms with Crippen LogP contribution in [-0.4, -0.2) is 15.4 Å². The highest BCUT2D eigenvalue weighted by molar-refractivity contribution is 6.76. The van der Waals surface area contributed by atoms with Crippen molar-refractivity contribution in [3.8, 4) is 0 Å². The van der Waals surface area contributed by atoms with E-state index in [2.05, 4.69) is 32.8 Å². The zero-order chi connectivity index (χ0) is 11.0. The van der Waals surface area contributed by atoms with Gasteiger partial charge in [-0.15, -0.1) is 19.7 Å². The molecule has 0 N–H and O–H groups in total. The van der Waals surface area contributed by atoms with Gasteiger partial charge >= 0.3 is 0 Å². The van der Waals surface area contributed by atoms with Crippen LogP contribution in [0.2, 0.25) is 18.1 Å². The summed E-state index contributed by atoms with van der Waals surface area (Å²) in [4.78, 5) is 0. The largest absolute Gasteiger partial charge is 0.420 e. The summed E-state index contributed by atoms with van der Waals surface area (Å²) in [6, 6.07) is 0. The molecule has 0 radical (unpaired) electrons. The molecule has 1 nitrogen and oxygen atoms in total. The molecule has 0 bridgehead atoms. The Bertz CT molecular complexity index is 272. The second-order valence-electron chi connectivity index (χ2n) is 4.52. The van der Waals surface area contributed by atoms with Gasteiger partial charge in [-0.1, -0.05) is 18.2 Å². The van der Waals surface area contributed by atoms with Crippen molar-refractivity contribution in [1.82, 2.24) is 0 Å². The van der Waals surface area contributed by atoms with E-state index < -0.39 is 8.32 Å². The van der Waals surface area contributed by atoms with Crippen molar-refractivity contribution >= 4 is 8.32 Å². The molecule has 1 aliphatic rings. The maximum atomic E-state index is 5.69. The highest BCUT2D eigenvalue weighted by atomic mass is 28.4. The van der Waals surface area contributed by atoms with E-state index in [0.717, 1.165) is 6.42 Å². The Balaban J connectivity index is 3.12. The summed E-state index contributed by atoms with van der Waals surface area (Å²) in [5.74, 6) is 0. The van der Waals surface area contributed by atoms with Crippen molar-refractivity contribution in [3.63, 3.8) is 0 Å².